The number of likely N-dealkylation sites (tertiary alicyclic amines) is 1. The molecule has 0 aliphatic carbocycles. The largest absolute Gasteiger partial charge is 0.327 e. The quantitative estimate of drug-likeness (QED) is 0.886. The van der Waals surface area contributed by atoms with Crippen LogP contribution >= 0.6 is 0 Å². The predicted octanol–water partition coefficient (Wildman–Crippen LogP) is 2.76. The van der Waals surface area contributed by atoms with Crippen LogP contribution in [0, 0.1) is 5.41 Å². The normalized spacial score (nSPS) is 24.5. The van der Waals surface area contributed by atoms with E-state index in [1.807, 2.05) is 6.07 Å². The highest BCUT2D eigenvalue weighted by atomic mass is 15.1. The second kappa shape index (κ2) is 5.68. The molecular weight excluding hydrogens is 220 g/mol. The number of piperidine rings is 1. The first-order chi connectivity index (χ1) is 8.58. The van der Waals surface area contributed by atoms with E-state index in [2.05, 4.69) is 55.2 Å². The molecule has 1 unspecified atom stereocenters. The summed E-state index contributed by atoms with van der Waals surface area (Å²) in [5.74, 6) is 0. The van der Waals surface area contributed by atoms with Crippen molar-refractivity contribution in [1.29, 1.82) is 0 Å². The van der Waals surface area contributed by atoms with Gasteiger partial charge in [0.05, 0.1) is 0 Å². The maximum absolute atomic E-state index is 6.15. The lowest BCUT2D eigenvalue weighted by atomic mass is 9.80. The summed E-state index contributed by atoms with van der Waals surface area (Å²) in [6, 6.07) is 10.8. The van der Waals surface area contributed by atoms with Crippen molar-refractivity contribution in [2.75, 3.05) is 19.6 Å². The molecule has 1 aromatic rings. The van der Waals surface area contributed by atoms with E-state index in [1.165, 1.54) is 5.56 Å². The minimum Gasteiger partial charge on any atom is -0.327 e. The Bertz CT molecular complexity index is 395. The van der Waals surface area contributed by atoms with Gasteiger partial charge in [-0.3, -0.25) is 4.90 Å². The van der Waals surface area contributed by atoms with Crippen molar-refractivity contribution < 1.29 is 0 Å². The van der Waals surface area contributed by atoms with Crippen LogP contribution in [0.1, 0.15) is 25.8 Å². The van der Waals surface area contributed by atoms with Crippen LogP contribution in [-0.2, 0) is 0 Å². The summed E-state index contributed by atoms with van der Waals surface area (Å²) in [4.78, 5) is 2.49. The van der Waals surface area contributed by atoms with Crippen LogP contribution in [0.15, 0.2) is 36.4 Å². The Morgan fingerprint density at radius 1 is 1.33 bits per heavy atom. The Hall–Kier alpha value is -1.12. The maximum Gasteiger partial charge on any atom is 0.0166 e. The van der Waals surface area contributed by atoms with Crippen LogP contribution in [0.3, 0.4) is 0 Å². The zero-order chi connectivity index (χ0) is 13.0. The van der Waals surface area contributed by atoms with Gasteiger partial charge in [-0.15, -0.1) is 0 Å². The predicted molar refractivity (Wildman–Crippen MR) is 78.3 cm³/mol. The van der Waals surface area contributed by atoms with E-state index in [4.69, 9.17) is 5.73 Å². The van der Waals surface area contributed by atoms with Crippen molar-refractivity contribution in [3.8, 4) is 0 Å². The fraction of sp³-hybridized carbons (Fsp3) is 0.500. The SMILES string of the molecule is CC1(C)CN(C/C=C/c2ccccc2)CCC1N. The second-order valence-electron chi connectivity index (χ2n) is 5.93. The molecule has 0 radical (unpaired) electrons. The third-order valence-corrected chi connectivity index (χ3v) is 3.86. The van der Waals surface area contributed by atoms with Gasteiger partial charge in [0, 0.05) is 19.1 Å². The Kier molecular flexibility index (Phi) is 4.20. The van der Waals surface area contributed by atoms with Crippen molar-refractivity contribution in [2.24, 2.45) is 11.1 Å². The van der Waals surface area contributed by atoms with Gasteiger partial charge in [0.2, 0.25) is 0 Å². The topological polar surface area (TPSA) is 29.3 Å². The van der Waals surface area contributed by atoms with Crippen LogP contribution in [0.2, 0.25) is 0 Å². The second-order valence-corrected chi connectivity index (χ2v) is 5.93. The van der Waals surface area contributed by atoms with E-state index in [1.54, 1.807) is 0 Å². The van der Waals surface area contributed by atoms with Crippen LogP contribution < -0.4 is 5.73 Å². The number of benzene rings is 1. The molecule has 0 bridgehead atoms. The molecule has 98 valence electrons. The van der Waals surface area contributed by atoms with Gasteiger partial charge < -0.3 is 5.73 Å². The molecule has 18 heavy (non-hydrogen) atoms. The fourth-order valence-corrected chi connectivity index (χ4v) is 2.54. The highest BCUT2D eigenvalue weighted by molar-refractivity contribution is 5.48. The molecule has 1 fully saturated rings. The van der Waals surface area contributed by atoms with Crippen molar-refractivity contribution in [2.45, 2.75) is 26.3 Å². The molecule has 2 heteroatoms. The average molecular weight is 244 g/mol. The molecule has 1 aliphatic heterocycles. The van der Waals surface area contributed by atoms with E-state index in [-0.39, 0.29) is 5.41 Å². The Morgan fingerprint density at radius 3 is 2.72 bits per heavy atom. The van der Waals surface area contributed by atoms with E-state index in [0.29, 0.717) is 6.04 Å². The number of hydrogen-bond donors (Lipinski definition) is 1. The molecule has 1 aliphatic rings. The molecule has 1 saturated heterocycles. The zero-order valence-electron chi connectivity index (χ0n) is 11.5. The van der Waals surface area contributed by atoms with Gasteiger partial charge in [0.1, 0.15) is 0 Å². The lowest BCUT2D eigenvalue weighted by Crippen LogP contribution is -2.52. The molecule has 1 atom stereocenters. The summed E-state index contributed by atoms with van der Waals surface area (Å²) in [5.41, 5.74) is 7.65. The number of nitrogens with zero attached hydrogens (tertiary/aromatic N) is 1. The Morgan fingerprint density at radius 2 is 2.06 bits per heavy atom. The van der Waals surface area contributed by atoms with Crippen molar-refractivity contribution in [3.05, 3.63) is 42.0 Å². The van der Waals surface area contributed by atoms with Gasteiger partial charge in [0.15, 0.2) is 0 Å². The summed E-state index contributed by atoms with van der Waals surface area (Å²) in [7, 11) is 0. The maximum atomic E-state index is 6.15. The molecule has 1 heterocycles. The number of nitrogens with two attached hydrogens (primary N) is 1. The smallest absolute Gasteiger partial charge is 0.0166 e. The van der Waals surface area contributed by atoms with Gasteiger partial charge in [-0.2, -0.15) is 0 Å². The summed E-state index contributed by atoms with van der Waals surface area (Å²) in [6.07, 6.45) is 5.55. The van der Waals surface area contributed by atoms with Crippen LogP contribution in [0.5, 0.6) is 0 Å². The summed E-state index contributed by atoms with van der Waals surface area (Å²) in [5, 5.41) is 0. The molecule has 1 aromatic carbocycles. The molecule has 0 saturated carbocycles. The number of rotatable bonds is 3. The third-order valence-electron chi connectivity index (χ3n) is 3.86. The van der Waals surface area contributed by atoms with Crippen LogP contribution in [-0.4, -0.2) is 30.6 Å². The molecule has 0 amide bonds. The van der Waals surface area contributed by atoms with E-state index >= 15 is 0 Å². The summed E-state index contributed by atoms with van der Waals surface area (Å²) >= 11 is 0. The van der Waals surface area contributed by atoms with Crippen LogP contribution in [0.25, 0.3) is 6.08 Å². The van der Waals surface area contributed by atoms with Gasteiger partial charge in [-0.25, -0.2) is 0 Å². The standard InChI is InChI=1S/C16H24N2/c1-16(2)13-18(12-10-15(16)17)11-6-9-14-7-4-3-5-8-14/h3-9,15H,10-13,17H2,1-2H3/b9-6+. The fourth-order valence-electron chi connectivity index (χ4n) is 2.54. The van der Waals surface area contributed by atoms with Gasteiger partial charge in [-0.1, -0.05) is 56.3 Å². The first kappa shape index (κ1) is 13.3. The first-order valence-electron chi connectivity index (χ1n) is 6.77. The van der Waals surface area contributed by atoms with E-state index < -0.39 is 0 Å². The van der Waals surface area contributed by atoms with E-state index in [0.717, 1.165) is 26.1 Å². The lowest BCUT2D eigenvalue weighted by Gasteiger charge is -2.42. The number of hydrogen-bond acceptors (Lipinski definition) is 2. The molecule has 2 rings (SSSR count). The summed E-state index contributed by atoms with van der Waals surface area (Å²) < 4.78 is 0. The van der Waals surface area contributed by atoms with Crippen molar-refractivity contribution in [1.82, 2.24) is 4.90 Å². The van der Waals surface area contributed by atoms with Crippen LogP contribution in [0.4, 0.5) is 0 Å². The van der Waals surface area contributed by atoms with Crippen molar-refractivity contribution in [3.63, 3.8) is 0 Å². The van der Waals surface area contributed by atoms with Gasteiger partial charge >= 0.3 is 0 Å². The van der Waals surface area contributed by atoms with Gasteiger partial charge in [-0.05, 0) is 23.9 Å². The highest BCUT2D eigenvalue weighted by Crippen LogP contribution is 2.27. The summed E-state index contributed by atoms with van der Waals surface area (Å²) in [6.45, 7) is 7.76. The average Bonchev–Trinajstić information content (AvgIpc) is 2.35. The first-order valence-corrected chi connectivity index (χ1v) is 6.77. The van der Waals surface area contributed by atoms with E-state index in [9.17, 15) is 0 Å². The molecule has 0 spiro atoms. The Balaban J connectivity index is 1.86. The van der Waals surface area contributed by atoms with Gasteiger partial charge in [0.25, 0.3) is 0 Å². The monoisotopic (exact) mass is 244 g/mol. The molecular formula is C16H24N2. The molecule has 0 aromatic heterocycles. The lowest BCUT2D eigenvalue weighted by molar-refractivity contribution is 0.105. The van der Waals surface area contributed by atoms with Crippen molar-refractivity contribution >= 4 is 6.08 Å². The minimum absolute atomic E-state index is 0.235. The minimum atomic E-state index is 0.235. The zero-order valence-corrected chi connectivity index (χ0v) is 11.5. The third kappa shape index (κ3) is 3.44. The molecule has 2 nitrogen and oxygen atoms in total. The molecule has 2 N–H and O–H groups in total. The highest BCUT2D eigenvalue weighted by Gasteiger charge is 2.32. The Labute approximate surface area is 110 Å².